The molecule has 1 fully saturated rings. The van der Waals surface area contributed by atoms with Gasteiger partial charge in [-0.2, -0.15) is 5.10 Å². The number of likely N-dealkylation sites (tertiary alicyclic amines) is 1. The van der Waals surface area contributed by atoms with Crippen LogP contribution in [0.5, 0.6) is 5.75 Å². The second-order valence-electron chi connectivity index (χ2n) is 5.54. The van der Waals surface area contributed by atoms with Gasteiger partial charge in [0.1, 0.15) is 5.75 Å². The lowest BCUT2D eigenvalue weighted by Gasteiger charge is -2.20. The number of hydrogen-bond acceptors (Lipinski definition) is 3. The van der Waals surface area contributed by atoms with Crippen molar-refractivity contribution in [2.45, 2.75) is 19.4 Å². The fourth-order valence-electron chi connectivity index (χ4n) is 2.77. The molecule has 1 saturated heterocycles. The lowest BCUT2D eigenvalue weighted by atomic mass is 10.3. The SMILES string of the molecule is CN=C(NCc1ccn(-c2ccc(OC)cc2)n1)N1CCCC1. The predicted molar refractivity (Wildman–Crippen MR) is 91.1 cm³/mol. The topological polar surface area (TPSA) is 54.7 Å². The lowest BCUT2D eigenvalue weighted by Crippen LogP contribution is -2.39. The molecular formula is C17H23N5O. The van der Waals surface area contributed by atoms with Gasteiger partial charge in [-0.3, -0.25) is 4.99 Å². The summed E-state index contributed by atoms with van der Waals surface area (Å²) in [6.07, 6.45) is 4.46. The van der Waals surface area contributed by atoms with E-state index in [1.807, 2.05) is 48.3 Å². The van der Waals surface area contributed by atoms with Crippen LogP contribution in [0.4, 0.5) is 0 Å². The summed E-state index contributed by atoms with van der Waals surface area (Å²) in [5.41, 5.74) is 2.00. The highest BCUT2D eigenvalue weighted by Gasteiger charge is 2.15. The summed E-state index contributed by atoms with van der Waals surface area (Å²) in [6, 6.07) is 9.88. The number of rotatable bonds is 4. The standard InChI is InChI=1S/C17H23N5O/c1-18-17(21-10-3-4-11-21)19-13-14-9-12-22(20-14)15-5-7-16(23-2)8-6-15/h5-9,12H,3-4,10-11,13H2,1-2H3,(H,18,19). The van der Waals surface area contributed by atoms with Gasteiger partial charge in [0, 0.05) is 26.3 Å². The van der Waals surface area contributed by atoms with E-state index in [1.165, 1.54) is 12.8 Å². The van der Waals surface area contributed by atoms with Crippen LogP contribution in [-0.2, 0) is 6.54 Å². The highest BCUT2D eigenvalue weighted by Crippen LogP contribution is 2.14. The normalized spacial score (nSPS) is 15.0. The molecule has 0 amide bonds. The molecule has 6 nitrogen and oxygen atoms in total. The summed E-state index contributed by atoms with van der Waals surface area (Å²) in [6.45, 7) is 2.84. The smallest absolute Gasteiger partial charge is 0.193 e. The molecule has 0 radical (unpaired) electrons. The van der Waals surface area contributed by atoms with Crippen molar-refractivity contribution in [2.75, 3.05) is 27.2 Å². The third kappa shape index (κ3) is 3.64. The fraction of sp³-hybridized carbons (Fsp3) is 0.412. The Morgan fingerprint density at radius 1 is 1.22 bits per heavy atom. The number of ether oxygens (including phenoxy) is 1. The van der Waals surface area contributed by atoms with E-state index in [9.17, 15) is 0 Å². The van der Waals surface area contributed by atoms with Gasteiger partial charge in [0.05, 0.1) is 25.0 Å². The van der Waals surface area contributed by atoms with Crippen LogP contribution in [0.3, 0.4) is 0 Å². The van der Waals surface area contributed by atoms with Crippen LogP contribution in [0.1, 0.15) is 18.5 Å². The van der Waals surface area contributed by atoms with E-state index in [0.29, 0.717) is 6.54 Å². The monoisotopic (exact) mass is 313 g/mol. The molecule has 0 aliphatic carbocycles. The van der Waals surface area contributed by atoms with Gasteiger partial charge < -0.3 is 15.0 Å². The largest absolute Gasteiger partial charge is 0.497 e. The maximum Gasteiger partial charge on any atom is 0.193 e. The van der Waals surface area contributed by atoms with Crippen LogP contribution >= 0.6 is 0 Å². The molecule has 1 aromatic heterocycles. The third-order valence-electron chi connectivity index (χ3n) is 4.03. The van der Waals surface area contributed by atoms with E-state index in [1.54, 1.807) is 7.11 Å². The first-order chi connectivity index (χ1) is 11.3. The summed E-state index contributed by atoms with van der Waals surface area (Å²) in [5.74, 6) is 1.80. The van der Waals surface area contributed by atoms with E-state index in [4.69, 9.17) is 4.74 Å². The highest BCUT2D eigenvalue weighted by molar-refractivity contribution is 5.80. The van der Waals surface area contributed by atoms with Crippen molar-refractivity contribution in [1.82, 2.24) is 20.0 Å². The van der Waals surface area contributed by atoms with Gasteiger partial charge in [0.15, 0.2) is 5.96 Å². The number of aliphatic imine (C=N–C) groups is 1. The van der Waals surface area contributed by atoms with Crippen LogP contribution < -0.4 is 10.1 Å². The van der Waals surface area contributed by atoms with Gasteiger partial charge in [-0.15, -0.1) is 0 Å². The number of nitrogens with zero attached hydrogens (tertiary/aromatic N) is 4. The Labute approximate surface area is 136 Å². The molecule has 0 bridgehead atoms. The molecule has 2 aromatic rings. The Balaban J connectivity index is 1.62. The van der Waals surface area contributed by atoms with Crippen molar-refractivity contribution < 1.29 is 4.74 Å². The van der Waals surface area contributed by atoms with E-state index in [0.717, 1.165) is 36.2 Å². The summed E-state index contributed by atoms with van der Waals surface area (Å²) in [4.78, 5) is 6.64. The van der Waals surface area contributed by atoms with Gasteiger partial charge in [0.25, 0.3) is 0 Å². The minimum Gasteiger partial charge on any atom is -0.497 e. The van der Waals surface area contributed by atoms with Crippen molar-refractivity contribution in [3.63, 3.8) is 0 Å². The molecule has 0 saturated carbocycles. The zero-order valence-corrected chi connectivity index (χ0v) is 13.7. The maximum absolute atomic E-state index is 5.18. The molecular weight excluding hydrogens is 290 g/mol. The van der Waals surface area contributed by atoms with Crippen LogP contribution in [0.25, 0.3) is 5.69 Å². The first kappa shape index (κ1) is 15.4. The second kappa shape index (κ2) is 7.17. The summed E-state index contributed by atoms with van der Waals surface area (Å²) in [5, 5.41) is 8.00. The molecule has 3 rings (SSSR count). The van der Waals surface area contributed by atoms with Crippen LogP contribution in [0.15, 0.2) is 41.5 Å². The average molecular weight is 313 g/mol. The minimum atomic E-state index is 0.673. The Hall–Kier alpha value is -2.50. The van der Waals surface area contributed by atoms with Gasteiger partial charge in [-0.05, 0) is 43.2 Å². The van der Waals surface area contributed by atoms with E-state index in [2.05, 4.69) is 20.3 Å². The Bertz CT molecular complexity index is 656. The maximum atomic E-state index is 5.18. The second-order valence-corrected chi connectivity index (χ2v) is 5.54. The number of guanidine groups is 1. The lowest BCUT2D eigenvalue weighted by molar-refractivity contribution is 0.414. The Kier molecular flexibility index (Phi) is 4.80. The molecule has 0 spiro atoms. The number of nitrogens with one attached hydrogen (secondary N) is 1. The summed E-state index contributed by atoms with van der Waals surface area (Å²) >= 11 is 0. The van der Waals surface area contributed by atoms with Gasteiger partial charge in [-0.25, -0.2) is 4.68 Å². The van der Waals surface area contributed by atoms with Gasteiger partial charge >= 0.3 is 0 Å². The van der Waals surface area contributed by atoms with Crippen molar-refractivity contribution in [2.24, 2.45) is 4.99 Å². The van der Waals surface area contributed by atoms with Crippen LogP contribution in [0, 0.1) is 0 Å². The van der Waals surface area contributed by atoms with Crippen molar-refractivity contribution in [1.29, 1.82) is 0 Å². The molecule has 2 heterocycles. The van der Waals surface area contributed by atoms with Gasteiger partial charge in [-0.1, -0.05) is 0 Å². The zero-order valence-electron chi connectivity index (χ0n) is 13.7. The molecule has 0 atom stereocenters. The quantitative estimate of drug-likeness (QED) is 0.693. The zero-order chi connectivity index (χ0) is 16.1. The van der Waals surface area contributed by atoms with Crippen molar-refractivity contribution in [3.05, 3.63) is 42.2 Å². The van der Waals surface area contributed by atoms with Gasteiger partial charge in [0.2, 0.25) is 0 Å². The Morgan fingerprint density at radius 3 is 2.61 bits per heavy atom. The van der Waals surface area contributed by atoms with Crippen molar-refractivity contribution in [3.8, 4) is 11.4 Å². The minimum absolute atomic E-state index is 0.673. The average Bonchev–Trinajstić information content (AvgIpc) is 3.27. The van der Waals surface area contributed by atoms with Crippen molar-refractivity contribution >= 4 is 5.96 Å². The van der Waals surface area contributed by atoms with E-state index >= 15 is 0 Å². The van der Waals surface area contributed by atoms with Crippen LogP contribution in [-0.4, -0.2) is 47.9 Å². The molecule has 23 heavy (non-hydrogen) atoms. The molecule has 1 aliphatic rings. The highest BCUT2D eigenvalue weighted by atomic mass is 16.5. The van der Waals surface area contributed by atoms with Crippen LogP contribution in [0.2, 0.25) is 0 Å². The molecule has 6 heteroatoms. The molecule has 1 aliphatic heterocycles. The number of methoxy groups -OCH3 is 1. The summed E-state index contributed by atoms with van der Waals surface area (Å²) < 4.78 is 7.05. The summed E-state index contributed by atoms with van der Waals surface area (Å²) in [7, 11) is 3.50. The van der Waals surface area contributed by atoms with E-state index < -0.39 is 0 Å². The third-order valence-corrected chi connectivity index (χ3v) is 4.03. The first-order valence-corrected chi connectivity index (χ1v) is 7.95. The van der Waals surface area contributed by atoms with E-state index in [-0.39, 0.29) is 0 Å². The number of benzene rings is 1. The molecule has 122 valence electrons. The fourth-order valence-corrected chi connectivity index (χ4v) is 2.77. The molecule has 1 aromatic carbocycles. The number of hydrogen-bond donors (Lipinski definition) is 1. The number of aromatic nitrogens is 2. The first-order valence-electron chi connectivity index (χ1n) is 7.95. The predicted octanol–water partition coefficient (Wildman–Crippen LogP) is 2.05. The Morgan fingerprint density at radius 2 is 1.96 bits per heavy atom. The molecule has 1 N–H and O–H groups in total. The molecule has 0 unspecified atom stereocenters.